The average molecular weight is 148 g/mol. The van der Waals surface area contributed by atoms with Crippen LogP contribution in [0.5, 0.6) is 0 Å². The van der Waals surface area contributed by atoms with Crippen molar-refractivity contribution in [2.75, 3.05) is 0 Å². The molecule has 0 saturated heterocycles. The van der Waals surface area contributed by atoms with Gasteiger partial charge in [0.25, 0.3) is 0 Å². The quantitative estimate of drug-likeness (QED) is 0.432. The summed E-state index contributed by atoms with van der Waals surface area (Å²) >= 11 is 0. The molecule has 0 heterocycles. The number of hydrogen-bond acceptors (Lipinski definition) is 1. The monoisotopic (exact) mass is 148 g/mol. The minimum absolute atomic E-state index is 0.209. The van der Waals surface area contributed by atoms with Crippen molar-refractivity contribution in [3.63, 3.8) is 0 Å². The Morgan fingerprint density at radius 3 is 2.64 bits per heavy atom. The van der Waals surface area contributed by atoms with Crippen LogP contribution in [0.1, 0.15) is 12.8 Å². The molecule has 0 aromatic carbocycles. The van der Waals surface area contributed by atoms with E-state index in [4.69, 9.17) is 0 Å². The fourth-order valence-electron chi connectivity index (χ4n) is 2.35. The lowest BCUT2D eigenvalue weighted by molar-refractivity contribution is -0.115. The fraction of sp³-hybridized carbons (Fsp3) is 0.500. The molecule has 1 nitrogen and oxygen atoms in total. The third-order valence-corrected chi connectivity index (χ3v) is 3.08. The van der Waals surface area contributed by atoms with Crippen LogP contribution in [-0.2, 0) is 4.79 Å². The van der Waals surface area contributed by atoms with Gasteiger partial charge in [0, 0.05) is 0 Å². The van der Waals surface area contributed by atoms with Gasteiger partial charge in [0.1, 0.15) is 6.29 Å². The number of carbonyl (C=O) groups excluding carboxylic acids is 1. The fourth-order valence-corrected chi connectivity index (χ4v) is 2.35. The van der Waals surface area contributed by atoms with Crippen molar-refractivity contribution in [1.82, 2.24) is 0 Å². The van der Waals surface area contributed by atoms with E-state index in [1.165, 1.54) is 0 Å². The molecule has 2 aliphatic rings. The van der Waals surface area contributed by atoms with Crippen molar-refractivity contribution < 1.29 is 4.79 Å². The van der Waals surface area contributed by atoms with E-state index in [9.17, 15) is 4.79 Å². The van der Waals surface area contributed by atoms with Crippen LogP contribution < -0.4 is 0 Å². The molecule has 0 unspecified atom stereocenters. The molecule has 58 valence electrons. The van der Waals surface area contributed by atoms with E-state index in [1.54, 1.807) is 0 Å². The van der Waals surface area contributed by atoms with Gasteiger partial charge < -0.3 is 4.79 Å². The Balaban J connectivity index is 2.35. The molecular formula is C10H12O. The van der Waals surface area contributed by atoms with Gasteiger partial charge in [-0.05, 0) is 24.7 Å². The second-order valence-electron chi connectivity index (χ2n) is 3.63. The number of allylic oxidation sites excluding steroid dienone is 3. The van der Waals surface area contributed by atoms with Crippen molar-refractivity contribution in [2.45, 2.75) is 12.8 Å². The molecule has 3 atom stereocenters. The third-order valence-electron chi connectivity index (χ3n) is 3.08. The number of aldehydes is 1. The van der Waals surface area contributed by atoms with Gasteiger partial charge in [-0.1, -0.05) is 18.2 Å². The standard InChI is InChI=1S/C10H12O/c1-2-10(7-11)6-8-3-4-9(10)5-8/h2-4,7-9H,1,5-6H2/t8-,9+,10+/m1/s1. The highest BCUT2D eigenvalue weighted by atomic mass is 16.1. The molecule has 0 N–H and O–H groups in total. The lowest BCUT2D eigenvalue weighted by Gasteiger charge is -2.25. The second kappa shape index (κ2) is 2.07. The molecule has 1 saturated carbocycles. The Labute approximate surface area is 66.8 Å². The molecule has 0 aromatic heterocycles. The van der Waals surface area contributed by atoms with Gasteiger partial charge in [-0.15, -0.1) is 6.58 Å². The molecule has 2 aliphatic carbocycles. The average Bonchev–Trinajstić information content (AvgIpc) is 2.62. The maximum Gasteiger partial charge on any atom is 0.130 e. The van der Waals surface area contributed by atoms with Crippen molar-refractivity contribution in [3.8, 4) is 0 Å². The molecule has 11 heavy (non-hydrogen) atoms. The Hall–Kier alpha value is -0.850. The smallest absolute Gasteiger partial charge is 0.130 e. The Morgan fingerprint density at radius 2 is 2.36 bits per heavy atom. The molecule has 0 spiro atoms. The van der Waals surface area contributed by atoms with Gasteiger partial charge in [-0.2, -0.15) is 0 Å². The highest BCUT2D eigenvalue weighted by molar-refractivity contribution is 5.65. The molecule has 0 amide bonds. The number of rotatable bonds is 2. The minimum Gasteiger partial charge on any atom is -0.302 e. The van der Waals surface area contributed by atoms with Crippen molar-refractivity contribution in [2.24, 2.45) is 17.3 Å². The van der Waals surface area contributed by atoms with E-state index >= 15 is 0 Å². The summed E-state index contributed by atoms with van der Waals surface area (Å²) in [5, 5.41) is 0. The zero-order valence-corrected chi connectivity index (χ0v) is 6.49. The van der Waals surface area contributed by atoms with Gasteiger partial charge in [0.15, 0.2) is 0 Å². The first-order valence-electron chi connectivity index (χ1n) is 4.09. The van der Waals surface area contributed by atoms with Crippen LogP contribution in [-0.4, -0.2) is 6.29 Å². The summed E-state index contributed by atoms with van der Waals surface area (Å²) < 4.78 is 0. The molecule has 2 rings (SSSR count). The van der Waals surface area contributed by atoms with Gasteiger partial charge in [0.05, 0.1) is 5.41 Å². The number of carbonyl (C=O) groups is 1. The van der Waals surface area contributed by atoms with E-state index < -0.39 is 0 Å². The molecular weight excluding hydrogens is 136 g/mol. The van der Waals surface area contributed by atoms with Gasteiger partial charge in [-0.25, -0.2) is 0 Å². The molecule has 0 aliphatic heterocycles. The zero-order chi connectivity index (χ0) is 7.90. The van der Waals surface area contributed by atoms with Crippen LogP contribution in [0.2, 0.25) is 0 Å². The summed E-state index contributed by atoms with van der Waals surface area (Å²) in [6, 6.07) is 0. The van der Waals surface area contributed by atoms with E-state index in [1.807, 2.05) is 6.08 Å². The van der Waals surface area contributed by atoms with Gasteiger partial charge >= 0.3 is 0 Å². The van der Waals surface area contributed by atoms with Crippen molar-refractivity contribution in [1.29, 1.82) is 0 Å². The van der Waals surface area contributed by atoms with Crippen LogP contribution in [0.3, 0.4) is 0 Å². The normalized spacial score (nSPS) is 46.2. The summed E-state index contributed by atoms with van der Waals surface area (Å²) in [7, 11) is 0. The Kier molecular flexibility index (Phi) is 1.28. The lowest BCUT2D eigenvalue weighted by Crippen LogP contribution is -2.24. The topological polar surface area (TPSA) is 17.1 Å². The minimum atomic E-state index is -0.209. The largest absolute Gasteiger partial charge is 0.302 e. The van der Waals surface area contributed by atoms with Crippen LogP contribution in [0.4, 0.5) is 0 Å². The molecule has 1 fully saturated rings. The Bertz CT molecular complexity index is 219. The second-order valence-corrected chi connectivity index (χ2v) is 3.63. The molecule has 0 aromatic rings. The first-order valence-corrected chi connectivity index (χ1v) is 4.09. The first-order chi connectivity index (χ1) is 5.30. The SMILES string of the molecule is C=C[C@@]1(C=O)C[C@@H]2C=C[C@H]1C2. The number of fused-ring (bicyclic) bond motifs is 2. The van der Waals surface area contributed by atoms with Gasteiger partial charge in [0.2, 0.25) is 0 Å². The highest BCUT2D eigenvalue weighted by Crippen LogP contribution is 2.51. The lowest BCUT2D eigenvalue weighted by atomic mass is 9.77. The summed E-state index contributed by atoms with van der Waals surface area (Å²) in [5.74, 6) is 1.09. The van der Waals surface area contributed by atoms with E-state index in [0.717, 1.165) is 19.1 Å². The van der Waals surface area contributed by atoms with Crippen LogP contribution >= 0.6 is 0 Å². The number of hydrogen-bond donors (Lipinski definition) is 0. The van der Waals surface area contributed by atoms with E-state index in [-0.39, 0.29) is 5.41 Å². The van der Waals surface area contributed by atoms with Crippen LogP contribution in [0.25, 0.3) is 0 Å². The van der Waals surface area contributed by atoms with Crippen molar-refractivity contribution >= 4 is 6.29 Å². The molecule has 1 heteroatoms. The van der Waals surface area contributed by atoms with Gasteiger partial charge in [-0.3, -0.25) is 0 Å². The first kappa shape index (κ1) is 6.84. The summed E-state index contributed by atoms with van der Waals surface area (Å²) in [6.45, 7) is 3.74. The predicted octanol–water partition coefficient (Wildman–Crippen LogP) is 1.95. The summed E-state index contributed by atoms with van der Waals surface area (Å²) in [5.41, 5.74) is -0.209. The van der Waals surface area contributed by atoms with Crippen molar-refractivity contribution in [3.05, 3.63) is 24.8 Å². The van der Waals surface area contributed by atoms with Crippen LogP contribution in [0.15, 0.2) is 24.8 Å². The van der Waals surface area contributed by atoms with E-state index in [0.29, 0.717) is 11.8 Å². The van der Waals surface area contributed by atoms with E-state index in [2.05, 4.69) is 18.7 Å². The third kappa shape index (κ3) is 0.740. The summed E-state index contributed by atoms with van der Waals surface area (Å²) in [6.07, 6.45) is 9.45. The molecule has 2 bridgehead atoms. The summed E-state index contributed by atoms with van der Waals surface area (Å²) in [4.78, 5) is 10.8. The maximum absolute atomic E-state index is 10.8. The highest BCUT2D eigenvalue weighted by Gasteiger charge is 2.46. The zero-order valence-electron chi connectivity index (χ0n) is 6.49. The Morgan fingerprint density at radius 1 is 1.55 bits per heavy atom. The predicted molar refractivity (Wildman–Crippen MR) is 44.0 cm³/mol. The maximum atomic E-state index is 10.8. The van der Waals surface area contributed by atoms with Crippen LogP contribution in [0, 0.1) is 17.3 Å². The molecule has 0 radical (unpaired) electrons.